The van der Waals surface area contributed by atoms with Crippen molar-refractivity contribution in [2.45, 2.75) is 51.7 Å². The van der Waals surface area contributed by atoms with Crippen molar-refractivity contribution >= 4 is 18.9 Å². The number of hydrogen-bond acceptors (Lipinski definition) is 4. The van der Waals surface area contributed by atoms with E-state index in [2.05, 4.69) is 18.1 Å². The van der Waals surface area contributed by atoms with Crippen LogP contribution in [-0.2, 0) is 4.74 Å². The van der Waals surface area contributed by atoms with Crippen LogP contribution in [0.25, 0.3) is 0 Å². The molecule has 0 aromatic carbocycles. The lowest BCUT2D eigenvalue weighted by atomic mass is 10.1. The Hall–Kier alpha value is -0.420. The monoisotopic (exact) mass is 246 g/mol. The number of carbonyl (C=O) groups excluding carboxylic acids is 1. The minimum Gasteiger partial charge on any atom is -0.444 e. The predicted octanol–water partition coefficient (Wildman–Crippen LogP) is 2.21. The zero-order valence-electron chi connectivity index (χ0n) is 10.3. The average Bonchev–Trinajstić information content (AvgIpc) is 2.26. The molecule has 1 amide bonds. The summed E-state index contributed by atoms with van der Waals surface area (Å²) in [6.45, 7) is 7.36. The number of rotatable bonds is 1. The molecule has 1 fully saturated rings. The van der Waals surface area contributed by atoms with Gasteiger partial charge in [-0.25, -0.2) is 4.79 Å². The molecule has 1 N–H and O–H groups in total. The summed E-state index contributed by atoms with van der Waals surface area (Å²) < 4.78 is 7.18. The number of amides is 1. The quantitative estimate of drug-likeness (QED) is 0.697. The molecule has 0 spiro atoms. The summed E-state index contributed by atoms with van der Waals surface area (Å²) in [6, 6.07) is 0.148. The van der Waals surface area contributed by atoms with Crippen LogP contribution in [0.2, 0.25) is 0 Å². The van der Waals surface area contributed by atoms with Gasteiger partial charge in [-0.05, 0) is 33.6 Å². The Morgan fingerprint density at radius 2 is 2.12 bits per heavy atom. The van der Waals surface area contributed by atoms with Gasteiger partial charge in [-0.15, -0.1) is 0 Å². The molecule has 0 aromatic heterocycles. The van der Waals surface area contributed by atoms with Crippen molar-refractivity contribution in [2.75, 3.05) is 13.1 Å². The molecule has 94 valence electrons. The van der Waals surface area contributed by atoms with Crippen LogP contribution < -0.4 is 5.32 Å². The first kappa shape index (κ1) is 13.6. The van der Waals surface area contributed by atoms with E-state index >= 15 is 0 Å². The molecular formula is C11H22N2O2S. The highest BCUT2D eigenvalue weighted by molar-refractivity contribution is 7.77. The van der Waals surface area contributed by atoms with Crippen LogP contribution in [0.1, 0.15) is 40.0 Å². The van der Waals surface area contributed by atoms with Gasteiger partial charge in [-0.3, -0.25) is 4.31 Å². The summed E-state index contributed by atoms with van der Waals surface area (Å²) in [5.41, 5.74) is -0.435. The van der Waals surface area contributed by atoms with Crippen molar-refractivity contribution in [2.24, 2.45) is 0 Å². The number of carbonyl (C=O) groups is 1. The van der Waals surface area contributed by atoms with Crippen molar-refractivity contribution < 1.29 is 9.53 Å². The molecule has 1 heterocycles. The summed E-state index contributed by atoms with van der Waals surface area (Å²) in [7, 11) is 0. The summed E-state index contributed by atoms with van der Waals surface area (Å²) in [5.74, 6) is 0. The van der Waals surface area contributed by atoms with Gasteiger partial charge in [0.25, 0.3) is 0 Å². The molecule has 0 saturated carbocycles. The molecule has 1 aliphatic rings. The zero-order chi connectivity index (χ0) is 12.2. The number of hydrogen-bond donors (Lipinski definition) is 2. The minimum atomic E-state index is -0.435. The lowest BCUT2D eigenvalue weighted by Crippen LogP contribution is -2.42. The van der Waals surface area contributed by atoms with Gasteiger partial charge in [-0.2, -0.15) is 0 Å². The van der Waals surface area contributed by atoms with Gasteiger partial charge in [0, 0.05) is 19.1 Å². The van der Waals surface area contributed by atoms with Crippen molar-refractivity contribution in [3.05, 3.63) is 0 Å². The van der Waals surface area contributed by atoms with E-state index in [0.717, 1.165) is 32.4 Å². The molecule has 1 rings (SSSR count). The van der Waals surface area contributed by atoms with Crippen LogP contribution in [0.4, 0.5) is 4.79 Å². The second kappa shape index (κ2) is 5.77. The van der Waals surface area contributed by atoms with E-state index in [4.69, 9.17) is 4.74 Å². The molecule has 1 aliphatic heterocycles. The van der Waals surface area contributed by atoms with E-state index < -0.39 is 5.60 Å². The molecule has 0 bridgehead atoms. The molecule has 16 heavy (non-hydrogen) atoms. The Morgan fingerprint density at radius 1 is 1.44 bits per heavy atom. The van der Waals surface area contributed by atoms with E-state index in [1.165, 1.54) is 0 Å². The fraction of sp³-hybridized carbons (Fsp3) is 0.909. The molecule has 0 aromatic rings. The molecule has 4 nitrogen and oxygen atoms in total. The summed E-state index contributed by atoms with van der Waals surface area (Å²) in [4.78, 5) is 11.6. The number of alkyl carbamates (subject to hydrolysis) is 1. The molecule has 1 atom stereocenters. The molecule has 1 saturated heterocycles. The highest BCUT2D eigenvalue weighted by Gasteiger charge is 2.21. The Morgan fingerprint density at radius 3 is 2.75 bits per heavy atom. The van der Waals surface area contributed by atoms with Crippen LogP contribution in [0.15, 0.2) is 0 Å². The van der Waals surface area contributed by atoms with E-state index in [-0.39, 0.29) is 12.1 Å². The van der Waals surface area contributed by atoms with Gasteiger partial charge in [0.05, 0.1) is 0 Å². The van der Waals surface area contributed by atoms with Gasteiger partial charge < -0.3 is 10.1 Å². The Kier molecular flexibility index (Phi) is 4.92. The van der Waals surface area contributed by atoms with Gasteiger partial charge in [0.1, 0.15) is 5.60 Å². The molecule has 5 heteroatoms. The first-order valence-electron chi connectivity index (χ1n) is 5.80. The van der Waals surface area contributed by atoms with Gasteiger partial charge in [0.15, 0.2) is 0 Å². The largest absolute Gasteiger partial charge is 0.444 e. The first-order valence-corrected chi connectivity index (χ1v) is 6.20. The van der Waals surface area contributed by atoms with Crippen LogP contribution in [0.5, 0.6) is 0 Å². The fourth-order valence-corrected chi connectivity index (χ4v) is 2.05. The second-order valence-corrected chi connectivity index (χ2v) is 5.82. The SMILES string of the molecule is CC(C)(C)OC(=O)NC1CCCCN(S)C1. The summed E-state index contributed by atoms with van der Waals surface area (Å²) in [5, 5.41) is 2.89. The number of thiol groups is 1. The van der Waals surface area contributed by atoms with Gasteiger partial charge in [0.2, 0.25) is 0 Å². The molecule has 0 radical (unpaired) electrons. The highest BCUT2D eigenvalue weighted by Crippen LogP contribution is 2.13. The van der Waals surface area contributed by atoms with E-state index in [9.17, 15) is 4.79 Å². The summed E-state index contributed by atoms with van der Waals surface area (Å²) in [6.07, 6.45) is 2.92. The third-order valence-corrected chi connectivity index (χ3v) is 2.73. The normalized spacial score (nSPS) is 23.6. The van der Waals surface area contributed by atoms with Crippen LogP contribution in [-0.4, -0.2) is 35.1 Å². The molecular weight excluding hydrogens is 224 g/mol. The van der Waals surface area contributed by atoms with Crippen LogP contribution in [0.3, 0.4) is 0 Å². The Bertz CT molecular complexity index is 241. The van der Waals surface area contributed by atoms with E-state index in [1.54, 1.807) is 0 Å². The zero-order valence-corrected chi connectivity index (χ0v) is 11.2. The second-order valence-electron chi connectivity index (χ2n) is 5.25. The average molecular weight is 246 g/mol. The third kappa shape index (κ3) is 5.61. The smallest absolute Gasteiger partial charge is 0.407 e. The maximum atomic E-state index is 11.6. The third-order valence-electron chi connectivity index (χ3n) is 2.37. The maximum Gasteiger partial charge on any atom is 0.407 e. The van der Waals surface area contributed by atoms with Crippen molar-refractivity contribution in [1.82, 2.24) is 9.62 Å². The Labute approximate surface area is 103 Å². The van der Waals surface area contributed by atoms with Gasteiger partial charge >= 0.3 is 6.09 Å². The minimum absolute atomic E-state index is 0.148. The van der Waals surface area contributed by atoms with Gasteiger partial charge in [-0.1, -0.05) is 19.2 Å². The van der Waals surface area contributed by atoms with Crippen molar-refractivity contribution in [1.29, 1.82) is 0 Å². The van der Waals surface area contributed by atoms with Crippen LogP contribution in [0, 0.1) is 0 Å². The lowest BCUT2D eigenvalue weighted by molar-refractivity contribution is 0.0499. The van der Waals surface area contributed by atoms with Crippen molar-refractivity contribution in [3.63, 3.8) is 0 Å². The fourth-order valence-electron chi connectivity index (χ4n) is 1.71. The van der Waals surface area contributed by atoms with Crippen molar-refractivity contribution in [3.8, 4) is 0 Å². The Balaban J connectivity index is 2.37. The van der Waals surface area contributed by atoms with Crippen LogP contribution >= 0.6 is 12.8 Å². The van der Waals surface area contributed by atoms with E-state index in [0.29, 0.717) is 0 Å². The summed E-state index contributed by atoms with van der Waals surface area (Å²) >= 11 is 4.34. The topological polar surface area (TPSA) is 41.6 Å². The molecule has 0 aliphatic carbocycles. The first-order chi connectivity index (χ1) is 7.37. The lowest BCUT2D eigenvalue weighted by Gasteiger charge is -2.24. The van der Waals surface area contributed by atoms with E-state index in [1.807, 2.05) is 25.1 Å². The highest BCUT2D eigenvalue weighted by atomic mass is 32.1. The number of ether oxygens (including phenoxy) is 1. The number of nitrogens with zero attached hydrogens (tertiary/aromatic N) is 1. The molecule has 1 unspecified atom stereocenters. The number of nitrogens with one attached hydrogen (secondary N) is 1. The standard InChI is InChI=1S/C11H22N2O2S/c1-11(2,3)15-10(14)12-9-6-4-5-7-13(16)8-9/h9,16H,4-8H2,1-3H3,(H,12,14). The predicted molar refractivity (Wildman–Crippen MR) is 67.6 cm³/mol. The maximum absolute atomic E-state index is 11.6.